The van der Waals surface area contributed by atoms with Crippen molar-refractivity contribution in [1.29, 1.82) is 0 Å². The highest BCUT2D eigenvalue weighted by atomic mass is 16.5. The molecule has 1 aliphatic rings. The molecule has 0 bridgehead atoms. The van der Waals surface area contributed by atoms with Crippen molar-refractivity contribution in [2.24, 2.45) is 0 Å². The van der Waals surface area contributed by atoms with E-state index in [0.717, 1.165) is 12.8 Å². The largest absolute Gasteiger partial charge is 0.493 e. The van der Waals surface area contributed by atoms with Crippen LogP contribution in [0.5, 0.6) is 11.8 Å². The summed E-state index contributed by atoms with van der Waals surface area (Å²) < 4.78 is 6.42. The van der Waals surface area contributed by atoms with Gasteiger partial charge in [0.2, 0.25) is 11.8 Å². The first-order chi connectivity index (χ1) is 14.5. The Hall–Kier alpha value is -3.46. The fraction of sp³-hybridized carbons (Fsp3) is 0.333. The molecule has 30 heavy (non-hydrogen) atoms. The van der Waals surface area contributed by atoms with E-state index < -0.39 is 0 Å². The summed E-state index contributed by atoms with van der Waals surface area (Å²) in [6.07, 6.45) is 7.24. The van der Waals surface area contributed by atoms with Crippen molar-refractivity contribution in [2.45, 2.75) is 37.8 Å². The molecular weight excluding hydrogens is 386 g/mol. The second kappa shape index (κ2) is 8.50. The summed E-state index contributed by atoms with van der Waals surface area (Å²) in [5.41, 5.74) is 1.65. The van der Waals surface area contributed by atoms with Crippen LogP contribution >= 0.6 is 0 Å². The number of nitrogens with zero attached hydrogens (tertiary/aromatic N) is 4. The number of aromatic hydroxyl groups is 1. The number of hydrogen-bond acceptors (Lipinski definition) is 7. The van der Waals surface area contributed by atoms with E-state index in [1.54, 1.807) is 30.5 Å². The monoisotopic (exact) mass is 409 g/mol. The number of rotatable bonds is 5. The number of hydrogen-bond donors (Lipinski definition) is 3. The van der Waals surface area contributed by atoms with Crippen LogP contribution in [0.2, 0.25) is 0 Å². The summed E-state index contributed by atoms with van der Waals surface area (Å²) in [4.78, 5) is 20.8. The minimum absolute atomic E-state index is 0.0654. The normalized spacial score (nSPS) is 18.7. The van der Waals surface area contributed by atoms with Gasteiger partial charge in [-0.1, -0.05) is 0 Å². The maximum absolute atomic E-state index is 12.5. The summed E-state index contributed by atoms with van der Waals surface area (Å²) >= 11 is 0. The van der Waals surface area contributed by atoms with Gasteiger partial charge in [-0.05, 0) is 49.4 Å². The second-order valence-corrected chi connectivity index (χ2v) is 7.26. The highest BCUT2D eigenvalue weighted by Crippen LogP contribution is 2.31. The van der Waals surface area contributed by atoms with Crippen LogP contribution in [-0.4, -0.2) is 55.1 Å². The minimum Gasteiger partial charge on any atom is -0.493 e. The lowest BCUT2D eigenvalue weighted by molar-refractivity contribution is 0.0867. The average molecular weight is 409 g/mol. The molecule has 3 N–H and O–H groups in total. The van der Waals surface area contributed by atoms with Gasteiger partial charge >= 0.3 is 0 Å². The highest BCUT2D eigenvalue weighted by molar-refractivity contribution is 5.94. The van der Waals surface area contributed by atoms with E-state index in [2.05, 4.69) is 20.4 Å². The number of aliphatic hydroxyl groups is 1. The van der Waals surface area contributed by atoms with E-state index in [1.165, 1.54) is 24.2 Å². The number of aromatic nitrogens is 4. The van der Waals surface area contributed by atoms with Gasteiger partial charge in [0.15, 0.2) is 5.82 Å². The highest BCUT2D eigenvalue weighted by Gasteiger charge is 2.21. The first-order valence-electron chi connectivity index (χ1n) is 9.78. The third-order valence-corrected chi connectivity index (χ3v) is 5.26. The molecule has 0 saturated heterocycles. The van der Waals surface area contributed by atoms with Crippen molar-refractivity contribution in [1.82, 2.24) is 25.1 Å². The Morgan fingerprint density at radius 2 is 1.97 bits per heavy atom. The summed E-state index contributed by atoms with van der Waals surface area (Å²) in [5.74, 6) is 0.538. The smallest absolute Gasteiger partial charge is 0.253 e. The molecule has 1 aliphatic carbocycles. The number of carbonyl (C=O) groups is 1. The first-order valence-corrected chi connectivity index (χ1v) is 9.78. The standard InChI is InChI=1S/C21H23N5O4/c1-30-19-10-13(8-9-22-19)17-12-24-26(21(17)29)18-7-2-14(11-23-18)20(28)25-15-3-5-16(27)6-4-15/h2,7-12,15-16,27,29H,3-6H2,1H3,(H,25,28)/t15-,16+. The molecular formula is C21H23N5O4. The average Bonchev–Trinajstić information content (AvgIpc) is 3.16. The van der Waals surface area contributed by atoms with Crippen LogP contribution in [-0.2, 0) is 0 Å². The van der Waals surface area contributed by atoms with Gasteiger partial charge in [0.25, 0.3) is 5.91 Å². The predicted octanol–water partition coefficient (Wildman–Crippen LogP) is 2.08. The van der Waals surface area contributed by atoms with Gasteiger partial charge in [-0.2, -0.15) is 9.78 Å². The van der Waals surface area contributed by atoms with Gasteiger partial charge in [-0.15, -0.1) is 0 Å². The van der Waals surface area contributed by atoms with Gasteiger partial charge in [-0.25, -0.2) is 9.97 Å². The SMILES string of the molecule is COc1cc(-c2cnn(-c3ccc(C(=O)N[C@H]4CC[C@@H](O)CC4)cn3)c2O)ccn1. The van der Waals surface area contributed by atoms with Gasteiger partial charge in [0.1, 0.15) is 0 Å². The number of amides is 1. The molecule has 1 amide bonds. The van der Waals surface area contributed by atoms with Crippen LogP contribution in [0, 0.1) is 0 Å². The van der Waals surface area contributed by atoms with E-state index in [1.807, 2.05) is 0 Å². The molecule has 1 saturated carbocycles. The molecule has 0 atom stereocenters. The predicted molar refractivity (Wildman–Crippen MR) is 109 cm³/mol. The third kappa shape index (κ3) is 4.11. The zero-order valence-corrected chi connectivity index (χ0v) is 16.5. The van der Waals surface area contributed by atoms with Gasteiger partial charge in [-0.3, -0.25) is 4.79 Å². The summed E-state index contributed by atoms with van der Waals surface area (Å²) in [5, 5.41) is 27.4. The number of aliphatic hydroxyl groups excluding tert-OH is 1. The van der Waals surface area contributed by atoms with E-state index in [0.29, 0.717) is 41.2 Å². The van der Waals surface area contributed by atoms with Gasteiger partial charge in [0, 0.05) is 24.5 Å². The number of nitrogens with one attached hydrogen (secondary N) is 1. The van der Waals surface area contributed by atoms with Crippen molar-refractivity contribution < 1.29 is 19.7 Å². The van der Waals surface area contributed by atoms with Crippen LogP contribution in [0.1, 0.15) is 36.0 Å². The Labute approximate surface area is 173 Å². The molecule has 0 unspecified atom stereocenters. The van der Waals surface area contributed by atoms with Crippen LogP contribution in [0.15, 0.2) is 42.9 Å². The zero-order chi connectivity index (χ0) is 21.1. The zero-order valence-electron chi connectivity index (χ0n) is 16.5. The molecule has 9 heteroatoms. The lowest BCUT2D eigenvalue weighted by atomic mass is 9.93. The topological polar surface area (TPSA) is 122 Å². The quantitative estimate of drug-likeness (QED) is 0.590. The van der Waals surface area contributed by atoms with Crippen molar-refractivity contribution in [3.8, 4) is 28.7 Å². The molecule has 0 aliphatic heterocycles. The Morgan fingerprint density at radius 3 is 2.67 bits per heavy atom. The van der Waals surface area contributed by atoms with Crippen LogP contribution in [0.25, 0.3) is 16.9 Å². The van der Waals surface area contributed by atoms with Gasteiger partial charge < -0.3 is 20.3 Å². The Morgan fingerprint density at radius 1 is 1.17 bits per heavy atom. The molecule has 156 valence electrons. The molecule has 4 rings (SSSR count). The van der Waals surface area contributed by atoms with E-state index in [-0.39, 0.29) is 23.9 Å². The minimum atomic E-state index is -0.265. The fourth-order valence-electron chi connectivity index (χ4n) is 3.54. The van der Waals surface area contributed by atoms with Crippen molar-refractivity contribution in [3.63, 3.8) is 0 Å². The molecule has 0 radical (unpaired) electrons. The van der Waals surface area contributed by atoms with Crippen molar-refractivity contribution in [3.05, 3.63) is 48.4 Å². The van der Waals surface area contributed by atoms with Crippen LogP contribution < -0.4 is 10.1 Å². The number of methoxy groups -OCH3 is 1. The Balaban J connectivity index is 1.49. The van der Waals surface area contributed by atoms with Crippen molar-refractivity contribution in [2.75, 3.05) is 7.11 Å². The van der Waals surface area contributed by atoms with Crippen molar-refractivity contribution >= 4 is 5.91 Å². The maximum atomic E-state index is 12.5. The first kappa shape index (κ1) is 19.8. The van der Waals surface area contributed by atoms with Crippen LogP contribution in [0.3, 0.4) is 0 Å². The molecule has 9 nitrogen and oxygen atoms in total. The Kier molecular flexibility index (Phi) is 5.62. The second-order valence-electron chi connectivity index (χ2n) is 7.26. The number of carbonyl (C=O) groups excluding carboxylic acids is 1. The molecule has 3 aromatic heterocycles. The summed E-state index contributed by atoms with van der Waals surface area (Å²) in [6, 6.07) is 6.78. The lowest BCUT2D eigenvalue weighted by Crippen LogP contribution is -2.38. The molecule has 1 fully saturated rings. The van der Waals surface area contributed by atoms with Crippen LogP contribution in [0.4, 0.5) is 0 Å². The number of pyridine rings is 2. The fourth-order valence-corrected chi connectivity index (χ4v) is 3.54. The maximum Gasteiger partial charge on any atom is 0.253 e. The molecule has 0 aromatic carbocycles. The van der Waals surface area contributed by atoms with E-state index in [9.17, 15) is 15.0 Å². The van der Waals surface area contributed by atoms with E-state index in [4.69, 9.17) is 4.74 Å². The van der Waals surface area contributed by atoms with E-state index >= 15 is 0 Å². The molecule has 3 aromatic rings. The summed E-state index contributed by atoms with van der Waals surface area (Å²) in [6.45, 7) is 0. The number of ether oxygens (including phenoxy) is 1. The third-order valence-electron chi connectivity index (χ3n) is 5.26. The Bertz CT molecular complexity index is 1030. The van der Waals surface area contributed by atoms with Gasteiger partial charge in [0.05, 0.1) is 30.5 Å². The molecule has 0 spiro atoms. The summed E-state index contributed by atoms with van der Waals surface area (Å²) in [7, 11) is 1.52. The lowest BCUT2D eigenvalue weighted by Gasteiger charge is -2.26. The molecule has 3 heterocycles.